The van der Waals surface area contributed by atoms with Gasteiger partial charge in [-0.2, -0.15) is 0 Å². The van der Waals surface area contributed by atoms with Crippen molar-refractivity contribution in [2.45, 2.75) is 38.5 Å². The highest BCUT2D eigenvalue weighted by Gasteiger charge is 2.36. The first-order valence-electron chi connectivity index (χ1n) is 12.6. The van der Waals surface area contributed by atoms with Crippen LogP contribution < -0.4 is 10.6 Å². The number of anilines is 1. The summed E-state index contributed by atoms with van der Waals surface area (Å²) in [6, 6.07) is 17.5. The van der Waals surface area contributed by atoms with Crippen LogP contribution in [0.3, 0.4) is 0 Å². The minimum atomic E-state index is -1.41. The number of nitrogens with zero attached hydrogens (tertiary/aromatic N) is 1. The van der Waals surface area contributed by atoms with E-state index in [0.29, 0.717) is 11.3 Å². The molecule has 2 atom stereocenters. The fraction of sp³-hybridized carbons (Fsp3) is 0.300. The summed E-state index contributed by atoms with van der Waals surface area (Å²) in [7, 11) is 0. The highest BCUT2D eigenvalue weighted by atomic mass is 16.6. The number of alkyl carbamates (subject to hydrolysis) is 1. The zero-order valence-electron chi connectivity index (χ0n) is 22.4. The van der Waals surface area contributed by atoms with Gasteiger partial charge in [0, 0.05) is 12.2 Å². The summed E-state index contributed by atoms with van der Waals surface area (Å²) in [6.07, 6.45) is 0.713. The molecule has 2 unspecified atom stereocenters. The second-order valence-corrected chi connectivity index (χ2v) is 9.96. The van der Waals surface area contributed by atoms with Gasteiger partial charge < -0.3 is 30.5 Å². The molecule has 206 valence electrons. The molecule has 0 bridgehead atoms. The molecule has 0 radical (unpaired) electrons. The third-order valence-corrected chi connectivity index (χ3v) is 5.83. The van der Waals surface area contributed by atoms with Crippen molar-refractivity contribution in [2.24, 2.45) is 0 Å². The summed E-state index contributed by atoms with van der Waals surface area (Å²) in [4.78, 5) is 41.0. The quantitative estimate of drug-likeness (QED) is 0.313. The number of aliphatic hydroxyl groups excluding tert-OH is 2. The first kappa shape index (κ1) is 29.3. The smallest absolute Gasteiger partial charge is 0.408 e. The minimum Gasteiger partial charge on any atom is -0.444 e. The number of aliphatic hydroxyl groups is 2. The number of carbonyl (C=O) groups excluding carboxylic acids is 3. The molecule has 3 amide bonds. The molecule has 0 fully saturated rings. The monoisotopic (exact) mass is 533 g/mol. The minimum absolute atomic E-state index is 0.237. The van der Waals surface area contributed by atoms with Crippen molar-refractivity contribution < 1.29 is 29.3 Å². The number of amides is 3. The van der Waals surface area contributed by atoms with Gasteiger partial charge in [0.25, 0.3) is 5.91 Å². The van der Waals surface area contributed by atoms with Crippen molar-refractivity contribution >= 4 is 40.4 Å². The van der Waals surface area contributed by atoms with Gasteiger partial charge in [0.15, 0.2) is 0 Å². The topological polar surface area (TPSA) is 128 Å². The summed E-state index contributed by atoms with van der Waals surface area (Å²) in [6.45, 7) is 7.34. The average molecular weight is 534 g/mol. The van der Waals surface area contributed by atoms with Crippen molar-refractivity contribution in [3.05, 3.63) is 84.4 Å². The second-order valence-electron chi connectivity index (χ2n) is 9.96. The zero-order valence-corrected chi connectivity index (χ0v) is 22.4. The molecule has 0 saturated heterocycles. The van der Waals surface area contributed by atoms with E-state index in [4.69, 9.17) is 4.74 Å². The molecule has 3 aromatic carbocycles. The van der Waals surface area contributed by atoms with E-state index in [1.54, 1.807) is 57.2 Å². The normalized spacial score (nSPS) is 12.7. The molecule has 3 rings (SSSR count). The van der Waals surface area contributed by atoms with Gasteiger partial charge in [-0.1, -0.05) is 61.2 Å². The van der Waals surface area contributed by atoms with Crippen molar-refractivity contribution in [3.8, 4) is 0 Å². The largest absolute Gasteiger partial charge is 0.444 e. The molecule has 9 heteroatoms. The van der Waals surface area contributed by atoms with E-state index in [9.17, 15) is 24.6 Å². The SMILES string of the molecule is C=Cc1cccc(C(C(=O)Nc2ccc3ccccc3c2)N(CCO)C(=O)C(CO)NC(=O)OC(C)(C)C)c1. The van der Waals surface area contributed by atoms with E-state index in [-0.39, 0.29) is 6.54 Å². The van der Waals surface area contributed by atoms with E-state index < -0.39 is 48.8 Å². The van der Waals surface area contributed by atoms with Gasteiger partial charge in [0.2, 0.25) is 5.91 Å². The molecule has 0 heterocycles. The Morgan fingerprint density at radius 1 is 1.00 bits per heavy atom. The zero-order chi connectivity index (χ0) is 28.6. The predicted octanol–water partition coefficient (Wildman–Crippen LogP) is 3.87. The third kappa shape index (κ3) is 7.89. The summed E-state index contributed by atoms with van der Waals surface area (Å²) in [5.41, 5.74) is 0.871. The molecule has 0 spiro atoms. The van der Waals surface area contributed by atoms with E-state index in [1.165, 1.54) is 0 Å². The van der Waals surface area contributed by atoms with E-state index >= 15 is 0 Å². The van der Waals surface area contributed by atoms with E-state index in [2.05, 4.69) is 17.2 Å². The Hall–Kier alpha value is -4.21. The molecule has 4 N–H and O–H groups in total. The van der Waals surface area contributed by atoms with Crippen LogP contribution in [0.1, 0.15) is 37.9 Å². The summed E-state index contributed by atoms with van der Waals surface area (Å²) < 4.78 is 5.23. The molecule has 0 aliphatic carbocycles. The van der Waals surface area contributed by atoms with E-state index in [1.807, 2.05) is 36.4 Å². The number of benzene rings is 3. The molecule has 3 aromatic rings. The van der Waals surface area contributed by atoms with Crippen LogP contribution in [0.5, 0.6) is 0 Å². The van der Waals surface area contributed by atoms with Gasteiger partial charge in [0.05, 0.1) is 13.2 Å². The Morgan fingerprint density at radius 2 is 1.72 bits per heavy atom. The molecule has 9 nitrogen and oxygen atoms in total. The lowest BCUT2D eigenvalue weighted by Gasteiger charge is -2.33. The average Bonchev–Trinajstić information content (AvgIpc) is 2.90. The van der Waals surface area contributed by atoms with Gasteiger partial charge >= 0.3 is 6.09 Å². The van der Waals surface area contributed by atoms with Gasteiger partial charge in [-0.05, 0) is 60.9 Å². The van der Waals surface area contributed by atoms with Crippen LogP contribution in [0, 0.1) is 0 Å². The number of rotatable bonds is 10. The molecular formula is C30H35N3O6. The fourth-order valence-electron chi connectivity index (χ4n) is 4.12. The van der Waals surface area contributed by atoms with Crippen molar-refractivity contribution in [1.82, 2.24) is 10.2 Å². The van der Waals surface area contributed by atoms with Gasteiger partial charge in [-0.25, -0.2) is 4.79 Å². The van der Waals surface area contributed by atoms with Crippen molar-refractivity contribution in [2.75, 3.05) is 25.1 Å². The number of hydrogen-bond donors (Lipinski definition) is 4. The fourth-order valence-corrected chi connectivity index (χ4v) is 4.12. The van der Waals surface area contributed by atoms with Gasteiger partial charge in [-0.15, -0.1) is 0 Å². The van der Waals surface area contributed by atoms with Gasteiger partial charge in [-0.3, -0.25) is 9.59 Å². The number of fused-ring (bicyclic) bond motifs is 1. The highest BCUT2D eigenvalue weighted by Crippen LogP contribution is 2.27. The number of ether oxygens (including phenoxy) is 1. The number of carbonyl (C=O) groups is 3. The number of hydrogen-bond acceptors (Lipinski definition) is 6. The molecule has 0 aliphatic rings. The molecule has 0 saturated carbocycles. The highest BCUT2D eigenvalue weighted by molar-refractivity contribution is 6.00. The van der Waals surface area contributed by atoms with Crippen molar-refractivity contribution in [3.63, 3.8) is 0 Å². The Morgan fingerprint density at radius 3 is 2.36 bits per heavy atom. The second kappa shape index (κ2) is 13.0. The van der Waals surface area contributed by atoms with Crippen LogP contribution in [-0.2, 0) is 14.3 Å². The Kier molecular flexibility index (Phi) is 9.81. The maximum atomic E-state index is 13.8. The summed E-state index contributed by atoms with van der Waals surface area (Å²) in [5.74, 6) is -1.30. The van der Waals surface area contributed by atoms with Crippen LogP contribution in [-0.4, -0.2) is 64.4 Å². The lowest BCUT2D eigenvalue weighted by molar-refractivity contribution is -0.142. The Balaban J connectivity index is 1.99. The molecule has 39 heavy (non-hydrogen) atoms. The first-order valence-corrected chi connectivity index (χ1v) is 12.6. The van der Waals surface area contributed by atoms with Crippen LogP contribution in [0.2, 0.25) is 0 Å². The summed E-state index contributed by atoms with van der Waals surface area (Å²) in [5, 5.41) is 27.0. The Labute approximate surface area is 228 Å². The standard InChI is InChI=1S/C30H35N3O6/c1-5-20-9-8-12-23(17-20)26(27(36)31-24-14-13-21-10-6-7-11-22(21)18-24)33(15-16-34)28(37)25(19-35)32-29(38)39-30(2,3)4/h5-14,17-18,25-26,34-35H,1,15-16,19H2,2-4H3,(H,31,36)(H,32,38). The van der Waals surface area contributed by atoms with Crippen molar-refractivity contribution in [1.29, 1.82) is 0 Å². The molecule has 0 aromatic heterocycles. The summed E-state index contributed by atoms with van der Waals surface area (Å²) >= 11 is 0. The maximum Gasteiger partial charge on any atom is 0.408 e. The van der Waals surface area contributed by atoms with Crippen LogP contribution in [0.15, 0.2) is 73.3 Å². The maximum absolute atomic E-state index is 13.8. The van der Waals surface area contributed by atoms with Crippen LogP contribution in [0.25, 0.3) is 16.8 Å². The van der Waals surface area contributed by atoms with E-state index in [0.717, 1.165) is 21.2 Å². The first-order chi connectivity index (χ1) is 18.6. The lowest BCUT2D eigenvalue weighted by atomic mass is 10.00. The molecular weight excluding hydrogens is 498 g/mol. The predicted molar refractivity (Wildman–Crippen MR) is 151 cm³/mol. The Bertz CT molecular complexity index is 1330. The van der Waals surface area contributed by atoms with Crippen LogP contribution >= 0.6 is 0 Å². The van der Waals surface area contributed by atoms with Crippen LogP contribution in [0.4, 0.5) is 10.5 Å². The molecule has 0 aliphatic heterocycles. The lowest BCUT2D eigenvalue weighted by Crippen LogP contribution is -2.54. The van der Waals surface area contributed by atoms with Gasteiger partial charge in [0.1, 0.15) is 17.7 Å². The number of nitrogens with one attached hydrogen (secondary N) is 2. The third-order valence-electron chi connectivity index (χ3n) is 5.83.